The molecule has 1 aliphatic rings. The van der Waals surface area contributed by atoms with Gasteiger partial charge in [0.05, 0.1) is 4.90 Å². The van der Waals surface area contributed by atoms with Crippen molar-refractivity contribution in [2.75, 3.05) is 13.1 Å². The Labute approximate surface area is 138 Å². The van der Waals surface area contributed by atoms with Crippen LogP contribution in [0.3, 0.4) is 0 Å². The number of primary sulfonamides is 1. The molecule has 1 aromatic carbocycles. The molecule has 1 aliphatic heterocycles. The van der Waals surface area contributed by atoms with E-state index in [2.05, 4.69) is 4.72 Å². The molecule has 1 saturated heterocycles. The van der Waals surface area contributed by atoms with Gasteiger partial charge in [-0.05, 0) is 43.4 Å². The molecule has 1 fully saturated rings. The predicted molar refractivity (Wildman–Crippen MR) is 88.3 cm³/mol. The van der Waals surface area contributed by atoms with E-state index in [4.69, 9.17) is 5.14 Å². The van der Waals surface area contributed by atoms with Gasteiger partial charge in [-0.15, -0.1) is 0 Å². The normalized spacial score (nSPS) is 22.0. The van der Waals surface area contributed by atoms with Gasteiger partial charge >= 0.3 is 0 Å². The second kappa shape index (κ2) is 6.86. The summed E-state index contributed by atoms with van der Waals surface area (Å²) in [6.07, 6.45) is 1.87. The Bertz CT molecular complexity index is 762. The molecule has 2 rings (SSSR count). The summed E-state index contributed by atoms with van der Waals surface area (Å²) in [6.45, 7) is 4.71. The van der Waals surface area contributed by atoms with Gasteiger partial charge in [-0.25, -0.2) is 13.6 Å². The van der Waals surface area contributed by atoms with Crippen molar-refractivity contribution in [3.05, 3.63) is 29.8 Å². The molecule has 0 aliphatic carbocycles. The maximum atomic E-state index is 12.5. The third-order valence-electron chi connectivity index (χ3n) is 3.97. The van der Waals surface area contributed by atoms with Crippen LogP contribution in [0.5, 0.6) is 0 Å². The molecule has 0 aromatic heterocycles. The van der Waals surface area contributed by atoms with Crippen LogP contribution in [0.1, 0.15) is 38.3 Å². The van der Waals surface area contributed by atoms with E-state index in [9.17, 15) is 16.8 Å². The summed E-state index contributed by atoms with van der Waals surface area (Å²) in [7, 11) is -7.43. The highest BCUT2D eigenvalue weighted by atomic mass is 32.2. The van der Waals surface area contributed by atoms with E-state index in [0.717, 1.165) is 12.8 Å². The summed E-state index contributed by atoms with van der Waals surface area (Å²) < 4.78 is 51.8. The molecule has 0 amide bonds. The summed E-state index contributed by atoms with van der Waals surface area (Å²) in [4.78, 5) is -0.0346. The Morgan fingerprint density at radius 3 is 2.61 bits per heavy atom. The highest BCUT2D eigenvalue weighted by molar-refractivity contribution is 7.89. The first-order chi connectivity index (χ1) is 10.6. The van der Waals surface area contributed by atoms with Crippen molar-refractivity contribution in [3.63, 3.8) is 0 Å². The monoisotopic (exact) mass is 361 g/mol. The van der Waals surface area contributed by atoms with Crippen molar-refractivity contribution in [1.82, 2.24) is 9.03 Å². The predicted octanol–water partition coefficient (Wildman–Crippen LogP) is 0.961. The molecule has 0 bridgehead atoms. The number of rotatable bonds is 5. The molecule has 9 heteroatoms. The number of nitrogens with zero attached hydrogens (tertiary/aromatic N) is 1. The van der Waals surface area contributed by atoms with Crippen LogP contribution in [0, 0.1) is 5.92 Å². The molecule has 130 valence electrons. The lowest BCUT2D eigenvalue weighted by Gasteiger charge is -2.31. The van der Waals surface area contributed by atoms with Crippen LogP contribution in [-0.2, 0) is 20.2 Å². The quantitative estimate of drug-likeness (QED) is 0.814. The van der Waals surface area contributed by atoms with Gasteiger partial charge in [0.15, 0.2) is 0 Å². The van der Waals surface area contributed by atoms with Crippen LogP contribution in [0.4, 0.5) is 0 Å². The minimum absolute atomic E-state index is 0.0346. The molecule has 23 heavy (non-hydrogen) atoms. The highest BCUT2D eigenvalue weighted by Gasteiger charge is 2.28. The standard InChI is InChI=1S/C14H23N3O4S2/c1-11-5-4-8-17(10-11)23(20,21)16-12(2)13-6-3-7-14(9-13)22(15,18)19/h3,6-7,9,11-12,16H,4-5,8,10H2,1-2H3,(H2,15,18,19). The zero-order chi connectivity index (χ0) is 17.3. The molecule has 0 saturated carbocycles. The van der Waals surface area contributed by atoms with Gasteiger partial charge in [0.25, 0.3) is 10.2 Å². The lowest BCUT2D eigenvalue weighted by Crippen LogP contribution is -2.46. The molecule has 0 spiro atoms. The molecule has 7 nitrogen and oxygen atoms in total. The third kappa shape index (κ3) is 4.74. The van der Waals surface area contributed by atoms with E-state index in [1.54, 1.807) is 19.1 Å². The molecule has 3 N–H and O–H groups in total. The average molecular weight is 361 g/mol. The van der Waals surface area contributed by atoms with Crippen LogP contribution in [-0.4, -0.2) is 34.2 Å². The van der Waals surface area contributed by atoms with Crippen LogP contribution in [0.15, 0.2) is 29.2 Å². The molecule has 2 atom stereocenters. The fourth-order valence-electron chi connectivity index (χ4n) is 2.69. The second-order valence-electron chi connectivity index (χ2n) is 6.07. The number of hydrogen-bond donors (Lipinski definition) is 2. The number of sulfonamides is 1. The van der Waals surface area contributed by atoms with Gasteiger partial charge in [0.2, 0.25) is 10.0 Å². The van der Waals surface area contributed by atoms with Crippen molar-refractivity contribution in [1.29, 1.82) is 0 Å². The van der Waals surface area contributed by atoms with E-state index in [0.29, 0.717) is 24.6 Å². The van der Waals surface area contributed by atoms with Crippen LogP contribution < -0.4 is 9.86 Å². The van der Waals surface area contributed by atoms with E-state index in [-0.39, 0.29) is 4.90 Å². The lowest BCUT2D eigenvalue weighted by molar-refractivity contribution is 0.277. The number of piperidine rings is 1. The van der Waals surface area contributed by atoms with Crippen LogP contribution >= 0.6 is 0 Å². The van der Waals surface area contributed by atoms with E-state index in [1.807, 2.05) is 6.92 Å². The fraction of sp³-hybridized carbons (Fsp3) is 0.571. The number of nitrogens with one attached hydrogen (secondary N) is 1. The topological polar surface area (TPSA) is 110 Å². The minimum Gasteiger partial charge on any atom is -0.225 e. The summed E-state index contributed by atoms with van der Waals surface area (Å²) in [6, 6.07) is 5.43. The van der Waals surface area contributed by atoms with E-state index in [1.165, 1.54) is 16.4 Å². The Hall–Kier alpha value is -1.00. The average Bonchev–Trinajstić information content (AvgIpc) is 2.46. The van der Waals surface area contributed by atoms with Crippen LogP contribution in [0.25, 0.3) is 0 Å². The minimum atomic E-state index is -3.82. The number of benzene rings is 1. The maximum absolute atomic E-state index is 12.5. The first-order valence-corrected chi connectivity index (χ1v) is 10.5. The van der Waals surface area contributed by atoms with E-state index < -0.39 is 26.3 Å². The molecule has 1 heterocycles. The molecular formula is C14H23N3O4S2. The van der Waals surface area contributed by atoms with Gasteiger partial charge in [-0.2, -0.15) is 17.4 Å². The fourth-order valence-corrected chi connectivity index (χ4v) is 4.81. The van der Waals surface area contributed by atoms with Crippen molar-refractivity contribution in [3.8, 4) is 0 Å². The zero-order valence-corrected chi connectivity index (χ0v) is 14.9. The second-order valence-corrected chi connectivity index (χ2v) is 9.33. The molecule has 2 unspecified atom stereocenters. The van der Waals surface area contributed by atoms with E-state index >= 15 is 0 Å². The van der Waals surface area contributed by atoms with Crippen molar-refractivity contribution in [2.24, 2.45) is 11.1 Å². The Kier molecular flexibility index (Phi) is 5.47. The Morgan fingerprint density at radius 2 is 2.00 bits per heavy atom. The summed E-state index contributed by atoms with van der Waals surface area (Å²) in [5.41, 5.74) is 0.546. The molecular weight excluding hydrogens is 338 g/mol. The number of nitrogens with two attached hydrogens (primary N) is 1. The van der Waals surface area contributed by atoms with Gasteiger partial charge < -0.3 is 0 Å². The summed E-state index contributed by atoms with van der Waals surface area (Å²) in [5, 5.41) is 5.11. The maximum Gasteiger partial charge on any atom is 0.280 e. The zero-order valence-electron chi connectivity index (χ0n) is 13.3. The first-order valence-electron chi connectivity index (χ1n) is 7.50. The molecule has 0 radical (unpaired) electrons. The Morgan fingerprint density at radius 1 is 1.30 bits per heavy atom. The Balaban J connectivity index is 2.16. The first kappa shape index (κ1) is 18.3. The summed E-state index contributed by atoms with van der Waals surface area (Å²) in [5.74, 6) is 0.335. The van der Waals surface area contributed by atoms with Crippen molar-refractivity contribution >= 4 is 20.2 Å². The van der Waals surface area contributed by atoms with Crippen molar-refractivity contribution in [2.45, 2.75) is 37.6 Å². The van der Waals surface area contributed by atoms with Gasteiger partial charge in [0.1, 0.15) is 0 Å². The largest absolute Gasteiger partial charge is 0.280 e. The van der Waals surface area contributed by atoms with Gasteiger partial charge in [-0.3, -0.25) is 0 Å². The molecule has 1 aromatic rings. The van der Waals surface area contributed by atoms with Crippen LogP contribution in [0.2, 0.25) is 0 Å². The van der Waals surface area contributed by atoms with Crippen molar-refractivity contribution < 1.29 is 16.8 Å². The third-order valence-corrected chi connectivity index (χ3v) is 6.55. The lowest BCUT2D eigenvalue weighted by atomic mass is 10.0. The van der Waals surface area contributed by atoms with Gasteiger partial charge in [0, 0.05) is 19.1 Å². The SMILES string of the molecule is CC1CCCN(S(=O)(=O)NC(C)c2cccc(S(N)(=O)=O)c2)C1. The van der Waals surface area contributed by atoms with Gasteiger partial charge in [-0.1, -0.05) is 19.1 Å². The highest BCUT2D eigenvalue weighted by Crippen LogP contribution is 2.21. The smallest absolute Gasteiger partial charge is 0.225 e. The summed E-state index contributed by atoms with van der Waals surface area (Å²) >= 11 is 0. The number of hydrogen-bond acceptors (Lipinski definition) is 4.